The molecular formula is C14H21N. The van der Waals surface area contributed by atoms with Crippen molar-refractivity contribution in [3.8, 4) is 0 Å². The summed E-state index contributed by atoms with van der Waals surface area (Å²) >= 11 is 0. The summed E-state index contributed by atoms with van der Waals surface area (Å²) in [4.78, 5) is 2.53. The van der Waals surface area contributed by atoms with Gasteiger partial charge in [-0.3, -0.25) is 4.90 Å². The van der Waals surface area contributed by atoms with Gasteiger partial charge in [-0.15, -0.1) is 0 Å². The van der Waals surface area contributed by atoms with Crippen LogP contribution in [0.25, 0.3) is 0 Å². The Morgan fingerprint density at radius 2 is 1.80 bits per heavy atom. The van der Waals surface area contributed by atoms with Crippen molar-refractivity contribution in [3.05, 3.63) is 35.9 Å². The third-order valence-electron chi connectivity index (χ3n) is 3.86. The maximum atomic E-state index is 2.53. The highest BCUT2D eigenvalue weighted by molar-refractivity contribution is 5.16. The standard InChI is InChI=1S/C14H21N/c1-12(2)14(9-10-14)15(3)11-13-7-5-4-6-8-13/h4-8,12H,9-11H2,1-3H3. The van der Waals surface area contributed by atoms with E-state index in [0.29, 0.717) is 5.54 Å². The van der Waals surface area contributed by atoms with Crippen molar-refractivity contribution in [3.63, 3.8) is 0 Å². The molecule has 0 N–H and O–H groups in total. The van der Waals surface area contributed by atoms with E-state index >= 15 is 0 Å². The number of hydrogen-bond acceptors (Lipinski definition) is 1. The molecule has 1 saturated carbocycles. The second-order valence-electron chi connectivity index (χ2n) is 5.10. The zero-order valence-corrected chi connectivity index (χ0v) is 10.0. The van der Waals surface area contributed by atoms with Gasteiger partial charge < -0.3 is 0 Å². The Morgan fingerprint density at radius 1 is 1.20 bits per heavy atom. The first kappa shape index (κ1) is 10.7. The summed E-state index contributed by atoms with van der Waals surface area (Å²) < 4.78 is 0. The van der Waals surface area contributed by atoms with Gasteiger partial charge in [0.05, 0.1) is 0 Å². The summed E-state index contributed by atoms with van der Waals surface area (Å²) in [6, 6.07) is 10.8. The summed E-state index contributed by atoms with van der Waals surface area (Å²) in [5, 5.41) is 0. The average molecular weight is 203 g/mol. The summed E-state index contributed by atoms with van der Waals surface area (Å²) in [5.41, 5.74) is 1.92. The van der Waals surface area contributed by atoms with Crippen LogP contribution in [-0.2, 0) is 6.54 Å². The molecular weight excluding hydrogens is 182 g/mol. The van der Waals surface area contributed by atoms with Gasteiger partial charge in [-0.25, -0.2) is 0 Å². The highest BCUT2D eigenvalue weighted by Gasteiger charge is 2.48. The third kappa shape index (κ3) is 2.07. The van der Waals surface area contributed by atoms with E-state index in [0.717, 1.165) is 12.5 Å². The highest BCUT2D eigenvalue weighted by atomic mass is 15.2. The van der Waals surface area contributed by atoms with Crippen LogP contribution >= 0.6 is 0 Å². The fraction of sp³-hybridized carbons (Fsp3) is 0.571. The lowest BCUT2D eigenvalue weighted by molar-refractivity contribution is 0.161. The quantitative estimate of drug-likeness (QED) is 0.725. The Morgan fingerprint density at radius 3 is 2.27 bits per heavy atom. The molecule has 1 aliphatic rings. The Labute approximate surface area is 93.1 Å². The van der Waals surface area contributed by atoms with Gasteiger partial charge in [0.15, 0.2) is 0 Å². The van der Waals surface area contributed by atoms with E-state index in [9.17, 15) is 0 Å². The molecule has 0 atom stereocenters. The van der Waals surface area contributed by atoms with Crippen LogP contribution in [0.1, 0.15) is 32.3 Å². The van der Waals surface area contributed by atoms with Crippen LogP contribution in [0, 0.1) is 5.92 Å². The lowest BCUT2D eigenvalue weighted by Crippen LogP contribution is -2.37. The van der Waals surface area contributed by atoms with Gasteiger partial charge >= 0.3 is 0 Å². The molecule has 0 radical (unpaired) electrons. The molecule has 0 saturated heterocycles. The van der Waals surface area contributed by atoms with Crippen molar-refractivity contribution in [2.45, 2.75) is 38.8 Å². The first-order valence-corrected chi connectivity index (χ1v) is 5.90. The maximum Gasteiger partial charge on any atom is 0.0236 e. The third-order valence-corrected chi connectivity index (χ3v) is 3.86. The van der Waals surface area contributed by atoms with Crippen molar-refractivity contribution < 1.29 is 0 Å². The topological polar surface area (TPSA) is 3.24 Å². The van der Waals surface area contributed by atoms with Crippen molar-refractivity contribution in [1.82, 2.24) is 4.90 Å². The monoisotopic (exact) mass is 203 g/mol. The van der Waals surface area contributed by atoms with Crippen LogP contribution < -0.4 is 0 Å². The molecule has 2 rings (SSSR count). The lowest BCUT2D eigenvalue weighted by Gasteiger charge is -2.31. The molecule has 0 amide bonds. The number of rotatable bonds is 4. The fourth-order valence-electron chi connectivity index (χ4n) is 2.54. The van der Waals surface area contributed by atoms with Gasteiger partial charge in [0.1, 0.15) is 0 Å². The fourth-order valence-corrected chi connectivity index (χ4v) is 2.54. The van der Waals surface area contributed by atoms with Gasteiger partial charge in [0.25, 0.3) is 0 Å². The Kier molecular flexibility index (Phi) is 2.83. The predicted octanol–water partition coefficient (Wildman–Crippen LogP) is 3.31. The van der Waals surface area contributed by atoms with Crippen LogP contribution in [0.15, 0.2) is 30.3 Å². The van der Waals surface area contributed by atoms with Crippen molar-refractivity contribution in [2.24, 2.45) is 5.92 Å². The normalized spacial score (nSPS) is 18.5. The van der Waals surface area contributed by atoms with Crippen molar-refractivity contribution in [1.29, 1.82) is 0 Å². The minimum atomic E-state index is 0.496. The first-order chi connectivity index (χ1) is 7.15. The Bertz CT molecular complexity index is 311. The molecule has 15 heavy (non-hydrogen) atoms. The van der Waals surface area contributed by atoms with E-state index in [2.05, 4.69) is 56.1 Å². The summed E-state index contributed by atoms with van der Waals surface area (Å²) in [5.74, 6) is 0.770. The Balaban J connectivity index is 2.02. The molecule has 0 spiro atoms. The van der Waals surface area contributed by atoms with Gasteiger partial charge in [0, 0.05) is 12.1 Å². The van der Waals surface area contributed by atoms with E-state index in [1.807, 2.05) is 0 Å². The molecule has 1 fully saturated rings. The lowest BCUT2D eigenvalue weighted by atomic mass is 10.00. The zero-order valence-electron chi connectivity index (χ0n) is 10.0. The van der Waals surface area contributed by atoms with Crippen LogP contribution in [0.4, 0.5) is 0 Å². The molecule has 1 aliphatic carbocycles. The molecule has 1 aromatic rings. The minimum absolute atomic E-state index is 0.496. The van der Waals surface area contributed by atoms with Gasteiger partial charge in [-0.05, 0) is 31.4 Å². The van der Waals surface area contributed by atoms with Gasteiger partial charge in [-0.1, -0.05) is 44.2 Å². The van der Waals surface area contributed by atoms with E-state index in [4.69, 9.17) is 0 Å². The van der Waals surface area contributed by atoms with Crippen molar-refractivity contribution >= 4 is 0 Å². The van der Waals surface area contributed by atoms with Crippen molar-refractivity contribution in [2.75, 3.05) is 7.05 Å². The molecule has 1 heteroatoms. The van der Waals surface area contributed by atoms with Crippen LogP contribution in [0.2, 0.25) is 0 Å². The second-order valence-corrected chi connectivity index (χ2v) is 5.10. The Hall–Kier alpha value is -0.820. The molecule has 82 valence electrons. The maximum absolute atomic E-state index is 2.53. The first-order valence-electron chi connectivity index (χ1n) is 5.90. The second kappa shape index (κ2) is 3.97. The average Bonchev–Trinajstić information content (AvgIpc) is 2.99. The molecule has 1 aromatic carbocycles. The van der Waals surface area contributed by atoms with E-state index in [1.54, 1.807) is 0 Å². The van der Waals surface area contributed by atoms with Gasteiger partial charge in [0.2, 0.25) is 0 Å². The molecule has 0 heterocycles. The number of benzene rings is 1. The summed E-state index contributed by atoms with van der Waals surface area (Å²) in [6.07, 6.45) is 2.74. The highest BCUT2D eigenvalue weighted by Crippen LogP contribution is 2.47. The minimum Gasteiger partial charge on any atom is -0.296 e. The number of hydrogen-bond donors (Lipinski definition) is 0. The molecule has 0 aromatic heterocycles. The molecule has 1 nitrogen and oxygen atoms in total. The van der Waals surface area contributed by atoms with Crippen LogP contribution in [-0.4, -0.2) is 17.5 Å². The molecule has 0 bridgehead atoms. The summed E-state index contributed by atoms with van der Waals surface area (Å²) in [6.45, 7) is 5.77. The molecule has 0 unspecified atom stereocenters. The van der Waals surface area contributed by atoms with E-state index in [1.165, 1.54) is 18.4 Å². The smallest absolute Gasteiger partial charge is 0.0236 e. The predicted molar refractivity (Wildman–Crippen MR) is 64.7 cm³/mol. The largest absolute Gasteiger partial charge is 0.296 e. The zero-order chi connectivity index (χ0) is 10.9. The summed E-state index contributed by atoms with van der Waals surface area (Å²) in [7, 11) is 2.26. The van der Waals surface area contributed by atoms with E-state index in [-0.39, 0.29) is 0 Å². The van der Waals surface area contributed by atoms with E-state index < -0.39 is 0 Å². The van der Waals surface area contributed by atoms with Crippen LogP contribution in [0.5, 0.6) is 0 Å². The van der Waals surface area contributed by atoms with Gasteiger partial charge in [-0.2, -0.15) is 0 Å². The van der Waals surface area contributed by atoms with Crippen LogP contribution in [0.3, 0.4) is 0 Å². The molecule has 0 aliphatic heterocycles. The SMILES string of the molecule is CC(C)C1(N(C)Cc2ccccc2)CC1. The number of nitrogens with zero attached hydrogens (tertiary/aromatic N) is 1.